The van der Waals surface area contributed by atoms with Gasteiger partial charge in [-0.05, 0) is 12.1 Å². The Balaban J connectivity index is 0.00000162. The molecule has 0 aromatic carbocycles. The van der Waals surface area contributed by atoms with E-state index < -0.39 is 21.3 Å². The molecule has 2 rings (SSSR count). The second-order valence-electron chi connectivity index (χ2n) is 3.11. The second kappa shape index (κ2) is 5.85. The molecule has 0 atom stereocenters. The molecule has 0 spiro atoms. The number of carbonyl (C=O) groups is 1. The van der Waals surface area contributed by atoms with Crippen molar-refractivity contribution in [1.29, 1.82) is 0 Å². The third-order valence-electron chi connectivity index (χ3n) is 1.92. The van der Waals surface area contributed by atoms with Crippen molar-refractivity contribution < 1.29 is 56.5 Å². The fraction of sp³-hybridized carbons (Fsp3) is 0.250. The Morgan fingerprint density at radius 2 is 2.17 bits per heavy atom. The Kier molecular flexibility index (Phi) is 4.93. The van der Waals surface area contributed by atoms with E-state index in [1.807, 2.05) is 0 Å². The summed E-state index contributed by atoms with van der Waals surface area (Å²) in [5, 5.41) is 4.22. The molecule has 1 amide bonds. The molecular weight excluding hydrogens is 275 g/mol. The summed E-state index contributed by atoms with van der Waals surface area (Å²) in [5.41, 5.74) is 0. The van der Waals surface area contributed by atoms with Crippen molar-refractivity contribution in [3.63, 3.8) is 0 Å². The summed E-state index contributed by atoms with van der Waals surface area (Å²) in [6.45, 7) is 0.575. The monoisotopic (exact) mass is 283 g/mol. The molecule has 0 radical (unpaired) electrons. The minimum atomic E-state index is -4.36. The summed E-state index contributed by atoms with van der Waals surface area (Å²) in [5.74, 6) is 0.0947. The van der Waals surface area contributed by atoms with Gasteiger partial charge < -0.3 is 9.15 Å². The van der Waals surface area contributed by atoms with Crippen molar-refractivity contribution in [1.82, 2.24) is 5.01 Å². The first-order chi connectivity index (χ1) is 7.97. The minimum absolute atomic E-state index is 0. The molecule has 92 valence electrons. The van der Waals surface area contributed by atoms with Gasteiger partial charge in [0.25, 0.3) is 0 Å². The maximum Gasteiger partial charge on any atom is 1.00 e. The molecule has 0 bridgehead atoms. The summed E-state index contributed by atoms with van der Waals surface area (Å²) in [4.78, 5) is 11.0. The zero-order valence-electron chi connectivity index (χ0n) is 9.44. The van der Waals surface area contributed by atoms with E-state index in [2.05, 4.69) is 9.84 Å². The van der Waals surface area contributed by atoms with Crippen molar-refractivity contribution in [2.45, 2.75) is 5.09 Å². The van der Waals surface area contributed by atoms with Gasteiger partial charge in [-0.25, -0.2) is 4.79 Å². The third kappa shape index (κ3) is 3.56. The Bertz CT molecular complexity index is 566. The summed E-state index contributed by atoms with van der Waals surface area (Å²) in [6.07, 6.45) is 0.573. The molecule has 1 fully saturated rings. The summed E-state index contributed by atoms with van der Waals surface area (Å²) >= 11 is 0. The van der Waals surface area contributed by atoms with Crippen LogP contribution in [0.15, 0.2) is 26.7 Å². The Labute approximate surface area is 125 Å². The van der Waals surface area contributed by atoms with Crippen molar-refractivity contribution in [2.75, 3.05) is 13.2 Å². The fourth-order valence-corrected chi connectivity index (χ4v) is 1.60. The zero-order chi connectivity index (χ0) is 12.5. The number of hydrogen-bond acceptors (Lipinski definition) is 6. The van der Waals surface area contributed by atoms with E-state index in [0.29, 0.717) is 6.54 Å². The maximum absolute atomic E-state index is 11.0. The molecule has 1 saturated heterocycles. The SMILES string of the molecule is O=C1OCCN1/N=C/c1ccc(S(=O)(=O)O)o1.[Na+]. The van der Waals surface area contributed by atoms with Crippen molar-refractivity contribution in [3.8, 4) is 0 Å². The molecule has 1 aliphatic rings. The van der Waals surface area contributed by atoms with E-state index in [1.54, 1.807) is 0 Å². The van der Waals surface area contributed by atoms with Gasteiger partial charge in [0.1, 0.15) is 12.4 Å². The predicted molar refractivity (Wildman–Crippen MR) is 54.2 cm³/mol. The van der Waals surface area contributed by atoms with Gasteiger partial charge in [-0.3, -0.25) is 4.55 Å². The van der Waals surface area contributed by atoms with Gasteiger partial charge in [0.2, 0.25) is 5.09 Å². The summed E-state index contributed by atoms with van der Waals surface area (Å²) < 4.78 is 39.5. The van der Waals surface area contributed by atoms with Crippen LogP contribution >= 0.6 is 0 Å². The third-order valence-corrected chi connectivity index (χ3v) is 2.65. The van der Waals surface area contributed by atoms with E-state index in [-0.39, 0.29) is 41.9 Å². The van der Waals surface area contributed by atoms with E-state index in [1.165, 1.54) is 6.07 Å². The summed E-state index contributed by atoms with van der Waals surface area (Å²) in [7, 11) is -4.36. The molecule has 1 N–H and O–H groups in total. The number of furan rings is 1. The van der Waals surface area contributed by atoms with Crippen LogP contribution in [0.5, 0.6) is 0 Å². The Morgan fingerprint density at radius 3 is 2.67 bits per heavy atom. The van der Waals surface area contributed by atoms with Gasteiger partial charge in [-0.15, -0.1) is 0 Å². The van der Waals surface area contributed by atoms with Crippen molar-refractivity contribution >= 4 is 22.4 Å². The molecule has 0 aliphatic carbocycles. The molecule has 0 unspecified atom stereocenters. The zero-order valence-corrected chi connectivity index (χ0v) is 12.3. The second-order valence-corrected chi connectivity index (χ2v) is 4.47. The Morgan fingerprint density at radius 1 is 1.44 bits per heavy atom. The largest absolute Gasteiger partial charge is 1.00 e. The number of nitrogens with zero attached hydrogens (tertiary/aromatic N) is 2. The topological polar surface area (TPSA) is 109 Å². The smallest absolute Gasteiger partial charge is 0.446 e. The average Bonchev–Trinajstić information content (AvgIpc) is 2.82. The van der Waals surface area contributed by atoms with Gasteiger partial charge >= 0.3 is 45.8 Å². The van der Waals surface area contributed by atoms with Crippen LogP contribution in [-0.4, -0.2) is 43.4 Å². The quantitative estimate of drug-likeness (QED) is 0.368. The average molecular weight is 283 g/mol. The first kappa shape index (κ1) is 15.2. The molecular formula is C8H8N2NaO6S+. The minimum Gasteiger partial charge on any atom is -0.446 e. The molecule has 18 heavy (non-hydrogen) atoms. The molecule has 1 aromatic heterocycles. The maximum atomic E-state index is 11.0. The molecule has 2 heterocycles. The van der Waals surface area contributed by atoms with Gasteiger partial charge in [0.05, 0.1) is 12.8 Å². The first-order valence-electron chi connectivity index (χ1n) is 4.52. The van der Waals surface area contributed by atoms with E-state index in [4.69, 9.17) is 8.97 Å². The fourth-order valence-electron chi connectivity index (χ4n) is 1.16. The number of amides is 1. The van der Waals surface area contributed by atoms with Crippen LogP contribution in [0.4, 0.5) is 4.79 Å². The summed E-state index contributed by atoms with van der Waals surface area (Å²) in [6, 6.07) is 2.38. The number of hydrazone groups is 1. The van der Waals surface area contributed by atoms with Crippen LogP contribution in [0.25, 0.3) is 0 Å². The van der Waals surface area contributed by atoms with Crippen LogP contribution in [0.3, 0.4) is 0 Å². The molecule has 8 nitrogen and oxygen atoms in total. The number of carbonyl (C=O) groups excluding carboxylic acids is 1. The van der Waals surface area contributed by atoms with E-state index >= 15 is 0 Å². The molecule has 0 saturated carbocycles. The van der Waals surface area contributed by atoms with Gasteiger partial charge in [0.15, 0.2) is 0 Å². The van der Waals surface area contributed by atoms with Crippen LogP contribution in [0.1, 0.15) is 5.76 Å². The van der Waals surface area contributed by atoms with Crippen molar-refractivity contribution in [3.05, 3.63) is 17.9 Å². The molecule has 10 heteroatoms. The number of cyclic esters (lactones) is 1. The van der Waals surface area contributed by atoms with Crippen molar-refractivity contribution in [2.24, 2.45) is 5.10 Å². The van der Waals surface area contributed by atoms with Crippen LogP contribution < -0.4 is 29.6 Å². The molecule has 1 aromatic rings. The van der Waals surface area contributed by atoms with Gasteiger partial charge in [0, 0.05) is 0 Å². The van der Waals surface area contributed by atoms with E-state index in [0.717, 1.165) is 17.3 Å². The van der Waals surface area contributed by atoms with Crippen LogP contribution in [0, 0.1) is 0 Å². The Hall–Kier alpha value is -0.870. The standard InChI is InChI=1S/C8H8N2O6S.Na/c11-8-10(3-4-15-8)9-5-6-1-2-7(16-6)17(12,13)14;/h1-2,5H,3-4H2,(H,12,13,14);/q;+1/b9-5+;. The van der Waals surface area contributed by atoms with Gasteiger partial charge in [-0.2, -0.15) is 18.5 Å². The first-order valence-corrected chi connectivity index (χ1v) is 5.96. The van der Waals surface area contributed by atoms with Crippen LogP contribution in [-0.2, 0) is 14.9 Å². The number of ether oxygens (including phenoxy) is 1. The normalized spacial score (nSPS) is 15.8. The number of rotatable bonds is 3. The predicted octanol–water partition coefficient (Wildman–Crippen LogP) is -2.68. The number of hydrogen-bond donors (Lipinski definition) is 1. The van der Waals surface area contributed by atoms with E-state index in [9.17, 15) is 13.2 Å². The molecule has 1 aliphatic heterocycles. The van der Waals surface area contributed by atoms with Gasteiger partial charge in [-0.1, -0.05) is 0 Å². The van der Waals surface area contributed by atoms with Crippen LogP contribution in [0.2, 0.25) is 0 Å².